The number of benzene rings is 1. The molecule has 2 N–H and O–H groups in total. The van der Waals surface area contributed by atoms with Crippen molar-refractivity contribution in [1.82, 2.24) is 9.88 Å². The smallest absolute Gasteiger partial charge is 0.255 e. The Hall–Kier alpha value is -2.69. The lowest BCUT2D eigenvalue weighted by atomic mass is 10.0. The number of fused-ring (bicyclic) bond motifs is 1. The standard InChI is InChI=1S/C21H22FN3O3/c22-21-19(26)6-5-18(24-21)20(27)12-25-10-14-7-17(8-15(14)11-25)28-16-3-1-13(9-23)2-4-16/h1-6,14-15,17,20,26-27H,7-8,10-12H2/t14-,15+,17-,20?. The van der Waals surface area contributed by atoms with Gasteiger partial charge in [-0.3, -0.25) is 4.90 Å². The van der Waals surface area contributed by atoms with E-state index in [9.17, 15) is 14.6 Å². The Balaban J connectivity index is 1.29. The van der Waals surface area contributed by atoms with E-state index in [1.807, 2.05) is 12.1 Å². The number of aliphatic hydroxyl groups excluding tert-OH is 1. The normalized spacial score (nSPS) is 25.2. The number of likely N-dealkylation sites (tertiary alicyclic amines) is 1. The highest BCUT2D eigenvalue weighted by atomic mass is 19.1. The first-order chi connectivity index (χ1) is 13.5. The van der Waals surface area contributed by atoms with Crippen LogP contribution in [0, 0.1) is 29.1 Å². The van der Waals surface area contributed by atoms with Gasteiger partial charge in [-0.25, -0.2) is 4.98 Å². The summed E-state index contributed by atoms with van der Waals surface area (Å²) in [6.07, 6.45) is 1.20. The molecule has 4 rings (SSSR count). The molecule has 1 saturated heterocycles. The van der Waals surface area contributed by atoms with Gasteiger partial charge >= 0.3 is 0 Å². The number of nitrogens with zero attached hydrogens (tertiary/aromatic N) is 3. The molecule has 2 aromatic rings. The zero-order chi connectivity index (χ0) is 19.7. The van der Waals surface area contributed by atoms with E-state index in [1.54, 1.807) is 12.1 Å². The molecule has 146 valence electrons. The van der Waals surface area contributed by atoms with Gasteiger partial charge in [-0.2, -0.15) is 9.65 Å². The number of aliphatic hydroxyl groups is 1. The second-order valence-electron chi connectivity index (χ2n) is 7.65. The van der Waals surface area contributed by atoms with E-state index in [-0.39, 0.29) is 11.8 Å². The number of hydrogen-bond acceptors (Lipinski definition) is 6. The van der Waals surface area contributed by atoms with Crippen molar-refractivity contribution in [3.8, 4) is 17.6 Å². The first-order valence-corrected chi connectivity index (χ1v) is 9.44. The van der Waals surface area contributed by atoms with E-state index >= 15 is 0 Å². The van der Waals surface area contributed by atoms with Gasteiger partial charge in [0.1, 0.15) is 11.9 Å². The number of aromatic hydroxyl groups is 1. The third-order valence-corrected chi connectivity index (χ3v) is 5.69. The topological polar surface area (TPSA) is 89.6 Å². The summed E-state index contributed by atoms with van der Waals surface area (Å²) in [5, 5.41) is 28.4. The predicted octanol–water partition coefficient (Wildman–Crippen LogP) is 2.62. The fraction of sp³-hybridized carbons (Fsp3) is 0.429. The summed E-state index contributed by atoms with van der Waals surface area (Å²) in [5.74, 6) is 0.342. The van der Waals surface area contributed by atoms with E-state index in [2.05, 4.69) is 16.0 Å². The average Bonchev–Trinajstić information content (AvgIpc) is 3.22. The van der Waals surface area contributed by atoms with Crippen molar-refractivity contribution in [1.29, 1.82) is 5.26 Å². The Morgan fingerprint density at radius 2 is 1.86 bits per heavy atom. The van der Waals surface area contributed by atoms with Crippen LogP contribution in [0.25, 0.3) is 0 Å². The molecule has 1 aliphatic carbocycles. The molecule has 2 fully saturated rings. The van der Waals surface area contributed by atoms with Crippen molar-refractivity contribution in [2.24, 2.45) is 11.8 Å². The summed E-state index contributed by atoms with van der Waals surface area (Å²) in [5.41, 5.74) is 0.849. The highest BCUT2D eigenvalue weighted by Crippen LogP contribution is 2.40. The number of ether oxygens (including phenoxy) is 1. The monoisotopic (exact) mass is 383 g/mol. The van der Waals surface area contributed by atoms with Crippen LogP contribution in [-0.4, -0.2) is 45.8 Å². The summed E-state index contributed by atoms with van der Waals surface area (Å²) in [4.78, 5) is 5.81. The van der Waals surface area contributed by atoms with Crippen molar-refractivity contribution >= 4 is 0 Å². The van der Waals surface area contributed by atoms with Crippen molar-refractivity contribution in [2.45, 2.75) is 25.0 Å². The maximum Gasteiger partial charge on any atom is 0.255 e. The summed E-state index contributed by atoms with van der Waals surface area (Å²) >= 11 is 0. The predicted molar refractivity (Wildman–Crippen MR) is 99.0 cm³/mol. The Kier molecular flexibility index (Phi) is 5.16. The largest absolute Gasteiger partial charge is 0.504 e. The van der Waals surface area contributed by atoms with Crippen LogP contribution in [0.4, 0.5) is 4.39 Å². The average molecular weight is 383 g/mol. The van der Waals surface area contributed by atoms with Crippen LogP contribution in [0.15, 0.2) is 36.4 Å². The molecule has 28 heavy (non-hydrogen) atoms. The fourth-order valence-electron chi connectivity index (χ4n) is 4.35. The number of hydrogen-bond donors (Lipinski definition) is 2. The maximum atomic E-state index is 13.4. The minimum atomic E-state index is -0.961. The van der Waals surface area contributed by atoms with Gasteiger partial charge in [0.25, 0.3) is 5.95 Å². The third kappa shape index (κ3) is 3.93. The molecule has 6 nitrogen and oxygen atoms in total. The molecule has 1 unspecified atom stereocenters. The van der Waals surface area contributed by atoms with Gasteiger partial charge in [0.2, 0.25) is 0 Å². The van der Waals surface area contributed by atoms with Crippen LogP contribution in [0.2, 0.25) is 0 Å². The van der Waals surface area contributed by atoms with E-state index in [0.717, 1.165) is 31.7 Å². The van der Waals surface area contributed by atoms with E-state index in [1.165, 1.54) is 12.1 Å². The van der Waals surface area contributed by atoms with Gasteiger partial charge in [-0.15, -0.1) is 0 Å². The summed E-state index contributed by atoms with van der Waals surface area (Å²) in [6, 6.07) is 11.9. The molecule has 1 aliphatic heterocycles. The number of aromatic nitrogens is 1. The fourth-order valence-corrected chi connectivity index (χ4v) is 4.35. The first-order valence-electron chi connectivity index (χ1n) is 9.44. The van der Waals surface area contributed by atoms with Crippen molar-refractivity contribution in [2.75, 3.05) is 19.6 Å². The lowest BCUT2D eigenvalue weighted by molar-refractivity contribution is 0.112. The molecular formula is C21H22FN3O3. The zero-order valence-corrected chi connectivity index (χ0v) is 15.3. The molecule has 7 heteroatoms. The minimum Gasteiger partial charge on any atom is -0.504 e. The van der Waals surface area contributed by atoms with E-state index in [4.69, 9.17) is 10.00 Å². The molecule has 4 atom stereocenters. The Labute approximate surface area is 162 Å². The number of nitriles is 1. The number of halogens is 1. The van der Waals surface area contributed by atoms with Crippen LogP contribution < -0.4 is 4.74 Å². The van der Waals surface area contributed by atoms with Gasteiger partial charge < -0.3 is 14.9 Å². The van der Waals surface area contributed by atoms with Crippen LogP contribution >= 0.6 is 0 Å². The minimum absolute atomic E-state index is 0.169. The molecule has 1 aromatic carbocycles. The van der Waals surface area contributed by atoms with E-state index < -0.39 is 17.8 Å². The first kappa shape index (κ1) is 18.7. The lowest BCUT2D eigenvalue weighted by Gasteiger charge is -2.22. The molecule has 2 aliphatic rings. The summed E-state index contributed by atoms with van der Waals surface area (Å²) in [6.45, 7) is 2.14. The number of pyridine rings is 1. The molecule has 2 heterocycles. The SMILES string of the molecule is N#Cc1ccc(O[C@@H]2C[C@@H]3CN(CC(O)c4ccc(O)c(F)n4)C[C@@H]3C2)cc1. The second kappa shape index (κ2) is 7.74. The number of rotatable bonds is 5. The molecule has 1 saturated carbocycles. The van der Waals surface area contributed by atoms with Crippen LogP contribution in [-0.2, 0) is 0 Å². The Bertz CT molecular complexity index is 869. The van der Waals surface area contributed by atoms with Crippen molar-refractivity contribution in [3.05, 3.63) is 53.6 Å². The van der Waals surface area contributed by atoms with Crippen LogP contribution in [0.1, 0.15) is 30.2 Å². The van der Waals surface area contributed by atoms with Gasteiger partial charge in [-0.1, -0.05) is 0 Å². The summed E-state index contributed by atoms with van der Waals surface area (Å²) in [7, 11) is 0. The highest BCUT2D eigenvalue weighted by Gasteiger charge is 2.42. The molecular weight excluding hydrogens is 361 g/mol. The second-order valence-corrected chi connectivity index (χ2v) is 7.65. The maximum absolute atomic E-state index is 13.4. The molecule has 0 radical (unpaired) electrons. The van der Waals surface area contributed by atoms with Gasteiger partial charge in [-0.05, 0) is 61.1 Å². The summed E-state index contributed by atoms with van der Waals surface area (Å²) < 4.78 is 19.5. The molecule has 0 spiro atoms. The third-order valence-electron chi connectivity index (χ3n) is 5.69. The molecule has 1 aromatic heterocycles. The Morgan fingerprint density at radius 3 is 2.46 bits per heavy atom. The van der Waals surface area contributed by atoms with Crippen molar-refractivity contribution < 1.29 is 19.3 Å². The van der Waals surface area contributed by atoms with Crippen LogP contribution in [0.5, 0.6) is 11.5 Å². The van der Waals surface area contributed by atoms with Gasteiger partial charge in [0.05, 0.1) is 23.4 Å². The lowest BCUT2D eigenvalue weighted by Crippen LogP contribution is -2.29. The van der Waals surface area contributed by atoms with Crippen molar-refractivity contribution in [3.63, 3.8) is 0 Å². The van der Waals surface area contributed by atoms with Crippen LogP contribution in [0.3, 0.4) is 0 Å². The van der Waals surface area contributed by atoms with Gasteiger partial charge in [0, 0.05) is 19.6 Å². The zero-order valence-electron chi connectivity index (χ0n) is 15.3. The Morgan fingerprint density at radius 1 is 1.18 bits per heavy atom. The number of β-amino-alcohol motifs (C(OH)–C–C–N with tert-alkyl or cyclic N) is 1. The molecule has 0 bridgehead atoms. The molecule has 0 amide bonds. The quantitative estimate of drug-likeness (QED) is 0.772. The van der Waals surface area contributed by atoms with Gasteiger partial charge in [0.15, 0.2) is 5.75 Å². The van der Waals surface area contributed by atoms with E-state index in [0.29, 0.717) is 23.9 Å². The highest BCUT2D eigenvalue weighted by molar-refractivity contribution is 5.34.